The quantitative estimate of drug-likeness (QED) is 0.480. The van der Waals surface area contributed by atoms with Gasteiger partial charge in [-0.3, -0.25) is 9.89 Å². The van der Waals surface area contributed by atoms with Crippen molar-refractivity contribution < 1.29 is 13.2 Å². The molecule has 2 saturated heterocycles. The molecule has 0 amide bonds. The minimum absolute atomic E-state index is 0.227. The zero-order valence-electron chi connectivity index (χ0n) is 17.4. The molecule has 1 aromatic carbocycles. The lowest BCUT2D eigenvalue weighted by molar-refractivity contribution is 0.245. The molecule has 0 aromatic heterocycles. The van der Waals surface area contributed by atoms with Gasteiger partial charge in [-0.1, -0.05) is 12.1 Å². The Bertz CT molecular complexity index is 793. The van der Waals surface area contributed by atoms with Crippen LogP contribution in [0.1, 0.15) is 30.9 Å². The van der Waals surface area contributed by atoms with Gasteiger partial charge in [0, 0.05) is 33.2 Å². The van der Waals surface area contributed by atoms with E-state index >= 15 is 0 Å². The first-order valence-corrected chi connectivity index (χ1v) is 11.9. The number of nitrogens with one attached hydrogen (secondary N) is 2. The second kappa shape index (κ2) is 10.3. The first kappa shape index (κ1) is 21.9. The van der Waals surface area contributed by atoms with Crippen LogP contribution in [0.15, 0.2) is 29.3 Å². The van der Waals surface area contributed by atoms with Crippen LogP contribution >= 0.6 is 0 Å². The molecule has 162 valence electrons. The van der Waals surface area contributed by atoms with E-state index in [1.807, 2.05) is 12.1 Å². The van der Waals surface area contributed by atoms with Crippen molar-refractivity contribution in [2.75, 3.05) is 59.2 Å². The third-order valence-corrected chi connectivity index (χ3v) is 7.56. The number of ether oxygens (including phenoxy) is 1. The van der Waals surface area contributed by atoms with Crippen LogP contribution in [0.25, 0.3) is 0 Å². The van der Waals surface area contributed by atoms with E-state index < -0.39 is 10.0 Å². The van der Waals surface area contributed by atoms with E-state index in [1.54, 1.807) is 18.5 Å². The number of hydrogen-bond donors (Lipinski definition) is 2. The fourth-order valence-electron chi connectivity index (χ4n) is 4.02. The SMILES string of the molecule is CN=C(NCCN1CCCS1(=O)=O)NCC(c1cccc(OC)c1)N1CCCC1. The van der Waals surface area contributed by atoms with Crippen LogP contribution < -0.4 is 15.4 Å². The lowest BCUT2D eigenvalue weighted by Gasteiger charge is -2.29. The van der Waals surface area contributed by atoms with Crippen molar-refractivity contribution in [3.05, 3.63) is 29.8 Å². The highest BCUT2D eigenvalue weighted by Crippen LogP contribution is 2.27. The van der Waals surface area contributed by atoms with Crippen LogP contribution in [0.5, 0.6) is 5.75 Å². The van der Waals surface area contributed by atoms with Crippen molar-refractivity contribution in [2.24, 2.45) is 4.99 Å². The Balaban J connectivity index is 1.57. The molecule has 2 N–H and O–H groups in total. The van der Waals surface area contributed by atoms with Crippen LogP contribution in [0.3, 0.4) is 0 Å². The van der Waals surface area contributed by atoms with Crippen molar-refractivity contribution >= 4 is 16.0 Å². The zero-order valence-corrected chi connectivity index (χ0v) is 18.2. The molecule has 2 heterocycles. The van der Waals surface area contributed by atoms with Gasteiger partial charge in [0.25, 0.3) is 0 Å². The number of guanidine groups is 1. The van der Waals surface area contributed by atoms with E-state index in [9.17, 15) is 8.42 Å². The molecule has 1 atom stereocenters. The van der Waals surface area contributed by atoms with Crippen molar-refractivity contribution in [3.63, 3.8) is 0 Å². The number of aliphatic imine (C=N–C) groups is 1. The van der Waals surface area contributed by atoms with Gasteiger partial charge in [-0.05, 0) is 50.0 Å². The summed E-state index contributed by atoms with van der Waals surface area (Å²) in [6.07, 6.45) is 3.16. The summed E-state index contributed by atoms with van der Waals surface area (Å²) in [5.74, 6) is 1.81. The fourth-order valence-corrected chi connectivity index (χ4v) is 5.54. The summed E-state index contributed by atoms with van der Waals surface area (Å²) in [4.78, 5) is 6.79. The molecule has 9 heteroatoms. The summed E-state index contributed by atoms with van der Waals surface area (Å²) in [6, 6.07) is 8.46. The third-order valence-electron chi connectivity index (χ3n) is 5.60. The number of benzene rings is 1. The first-order chi connectivity index (χ1) is 14.0. The van der Waals surface area contributed by atoms with E-state index in [1.165, 1.54) is 18.4 Å². The number of nitrogens with zero attached hydrogens (tertiary/aromatic N) is 3. The molecule has 0 saturated carbocycles. The molecule has 0 bridgehead atoms. The Morgan fingerprint density at radius 2 is 2.00 bits per heavy atom. The van der Waals surface area contributed by atoms with Crippen LogP contribution in [-0.4, -0.2) is 82.8 Å². The molecule has 2 fully saturated rings. The molecular weight excluding hydrogens is 390 g/mol. The Morgan fingerprint density at radius 3 is 2.66 bits per heavy atom. The van der Waals surface area contributed by atoms with Gasteiger partial charge in [0.05, 0.1) is 18.9 Å². The largest absolute Gasteiger partial charge is 0.497 e. The van der Waals surface area contributed by atoms with Gasteiger partial charge in [0.1, 0.15) is 5.75 Å². The topological polar surface area (TPSA) is 86.3 Å². The molecule has 1 aromatic rings. The minimum Gasteiger partial charge on any atom is -0.497 e. The molecule has 0 aliphatic carbocycles. The standard InChI is InChI=1S/C20H33N5O3S/c1-21-20(22-9-13-25-12-6-14-29(25,26)27)23-16-19(24-10-3-4-11-24)17-7-5-8-18(15-17)28-2/h5,7-8,15,19H,3-4,6,9-14,16H2,1-2H3,(H2,21,22,23). The van der Waals surface area contributed by atoms with Crippen molar-refractivity contribution in [2.45, 2.75) is 25.3 Å². The summed E-state index contributed by atoms with van der Waals surface area (Å²) < 4.78 is 30.8. The van der Waals surface area contributed by atoms with Gasteiger partial charge in [0.15, 0.2) is 5.96 Å². The predicted molar refractivity (Wildman–Crippen MR) is 116 cm³/mol. The Morgan fingerprint density at radius 1 is 1.21 bits per heavy atom. The van der Waals surface area contributed by atoms with Crippen LogP contribution in [0.2, 0.25) is 0 Å². The summed E-state index contributed by atoms with van der Waals surface area (Å²) in [6.45, 7) is 4.50. The Kier molecular flexibility index (Phi) is 7.74. The highest BCUT2D eigenvalue weighted by Gasteiger charge is 2.27. The lowest BCUT2D eigenvalue weighted by atomic mass is 10.1. The molecule has 3 rings (SSSR count). The second-order valence-electron chi connectivity index (χ2n) is 7.48. The Labute approximate surface area is 174 Å². The third kappa shape index (κ3) is 5.83. The van der Waals surface area contributed by atoms with E-state index in [0.29, 0.717) is 32.0 Å². The highest BCUT2D eigenvalue weighted by atomic mass is 32.2. The maximum atomic E-state index is 11.9. The van der Waals surface area contributed by atoms with Gasteiger partial charge in [-0.25, -0.2) is 12.7 Å². The average Bonchev–Trinajstić information content (AvgIpc) is 3.36. The van der Waals surface area contributed by atoms with Gasteiger partial charge in [0.2, 0.25) is 10.0 Å². The maximum absolute atomic E-state index is 11.9. The Hall–Kier alpha value is -1.84. The smallest absolute Gasteiger partial charge is 0.214 e. The number of methoxy groups -OCH3 is 1. The monoisotopic (exact) mass is 423 g/mol. The van der Waals surface area contributed by atoms with Crippen LogP contribution in [0.4, 0.5) is 0 Å². The molecule has 8 nitrogen and oxygen atoms in total. The van der Waals surface area contributed by atoms with Crippen molar-refractivity contribution in [1.29, 1.82) is 0 Å². The number of hydrogen-bond acceptors (Lipinski definition) is 5. The van der Waals surface area contributed by atoms with E-state index in [-0.39, 0.29) is 11.8 Å². The fraction of sp³-hybridized carbons (Fsp3) is 0.650. The highest BCUT2D eigenvalue weighted by molar-refractivity contribution is 7.89. The van der Waals surface area contributed by atoms with Gasteiger partial charge >= 0.3 is 0 Å². The molecular formula is C20H33N5O3S. The summed E-state index contributed by atoms with van der Waals surface area (Å²) >= 11 is 0. The molecule has 29 heavy (non-hydrogen) atoms. The van der Waals surface area contributed by atoms with Gasteiger partial charge in [-0.2, -0.15) is 0 Å². The molecule has 0 spiro atoms. The maximum Gasteiger partial charge on any atom is 0.214 e. The molecule has 0 radical (unpaired) electrons. The molecule has 2 aliphatic heterocycles. The van der Waals surface area contributed by atoms with E-state index in [4.69, 9.17) is 4.74 Å². The summed E-state index contributed by atoms with van der Waals surface area (Å²) in [7, 11) is 0.367. The normalized spacial score (nSPS) is 21.2. The summed E-state index contributed by atoms with van der Waals surface area (Å²) in [5, 5.41) is 6.66. The van der Waals surface area contributed by atoms with Gasteiger partial charge < -0.3 is 15.4 Å². The van der Waals surface area contributed by atoms with Crippen molar-refractivity contribution in [3.8, 4) is 5.75 Å². The van der Waals surface area contributed by atoms with Crippen LogP contribution in [0, 0.1) is 0 Å². The predicted octanol–water partition coefficient (Wildman–Crippen LogP) is 1.03. The average molecular weight is 424 g/mol. The number of rotatable bonds is 8. The number of likely N-dealkylation sites (tertiary alicyclic amines) is 1. The summed E-state index contributed by atoms with van der Waals surface area (Å²) in [5.41, 5.74) is 1.22. The first-order valence-electron chi connectivity index (χ1n) is 10.3. The second-order valence-corrected chi connectivity index (χ2v) is 9.57. The lowest BCUT2D eigenvalue weighted by Crippen LogP contribution is -2.45. The van der Waals surface area contributed by atoms with E-state index in [2.05, 4.69) is 32.7 Å². The number of sulfonamides is 1. The molecule has 1 unspecified atom stereocenters. The minimum atomic E-state index is -3.06. The van der Waals surface area contributed by atoms with Crippen LogP contribution in [-0.2, 0) is 10.0 Å². The van der Waals surface area contributed by atoms with E-state index in [0.717, 1.165) is 25.4 Å². The zero-order chi connectivity index (χ0) is 20.7. The van der Waals surface area contributed by atoms with Crippen molar-refractivity contribution in [1.82, 2.24) is 19.8 Å². The molecule has 2 aliphatic rings. The van der Waals surface area contributed by atoms with Gasteiger partial charge in [-0.15, -0.1) is 0 Å².